The number of carbonyl (C=O) groups is 3. The molecule has 0 aromatic heterocycles. The van der Waals surface area contributed by atoms with Gasteiger partial charge in [-0.15, -0.1) is 0 Å². The Morgan fingerprint density at radius 3 is 2.29 bits per heavy atom. The maximum Gasteiger partial charge on any atom is 0.407 e. The zero-order valence-electron chi connectivity index (χ0n) is 19.8. The average Bonchev–Trinajstić information content (AvgIpc) is 3.44. The molecule has 1 aliphatic heterocycles. The van der Waals surface area contributed by atoms with Crippen LogP contribution in [0.1, 0.15) is 62.0 Å². The number of nitrogens with zero attached hydrogens (tertiary/aromatic N) is 1. The molecule has 3 atom stereocenters. The van der Waals surface area contributed by atoms with Crippen LogP contribution < -0.4 is 5.32 Å². The van der Waals surface area contributed by atoms with Gasteiger partial charge in [-0.25, -0.2) is 9.59 Å². The highest BCUT2D eigenvalue weighted by molar-refractivity contribution is 5.84. The lowest BCUT2D eigenvalue weighted by atomic mass is 9.96. The predicted octanol–water partition coefficient (Wildman–Crippen LogP) is 4.55. The van der Waals surface area contributed by atoms with Gasteiger partial charge in [-0.1, -0.05) is 55.0 Å². The summed E-state index contributed by atoms with van der Waals surface area (Å²) in [7, 11) is 0. The van der Waals surface area contributed by atoms with E-state index < -0.39 is 18.1 Å². The van der Waals surface area contributed by atoms with E-state index in [1.165, 1.54) is 27.2 Å². The quantitative estimate of drug-likeness (QED) is 0.638. The molecule has 0 bridgehead atoms. The highest BCUT2D eigenvalue weighted by Gasteiger charge is 2.37. The molecule has 2 aromatic rings. The van der Waals surface area contributed by atoms with Crippen LogP contribution in [0, 0.1) is 5.92 Å². The summed E-state index contributed by atoms with van der Waals surface area (Å²) in [5, 5.41) is 12.5. The number of carbonyl (C=O) groups excluding carboxylic acids is 2. The van der Waals surface area contributed by atoms with Crippen molar-refractivity contribution in [3.05, 3.63) is 59.7 Å². The number of amides is 2. The molecule has 0 spiro atoms. The third-order valence-corrected chi connectivity index (χ3v) is 7.85. The fourth-order valence-electron chi connectivity index (χ4n) is 6.09. The van der Waals surface area contributed by atoms with Crippen LogP contribution in [-0.4, -0.2) is 53.2 Å². The maximum absolute atomic E-state index is 13.0. The van der Waals surface area contributed by atoms with E-state index in [1.54, 1.807) is 0 Å². The van der Waals surface area contributed by atoms with Crippen LogP contribution in [-0.2, 0) is 14.3 Å². The van der Waals surface area contributed by atoms with Crippen molar-refractivity contribution in [2.75, 3.05) is 13.2 Å². The van der Waals surface area contributed by atoms with Crippen LogP contribution in [0.3, 0.4) is 0 Å². The molecule has 2 aromatic carbocycles. The third kappa shape index (κ3) is 4.77. The minimum atomic E-state index is -0.933. The van der Waals surface area contributed by atoms with Gasteiger partial charge >= 0.3 is 12.1 Å². The van der Waals surface area contributed by atoms with Crippen LogP contribution in [0.25, 0.3) is 11.1 Å². The van der Waals surface area contributed by atoms with Crippen LogP contribution in [0.15, 0.2) is 48.5 Å². The monoisotopic (exact) mass is 476 g/mol. The Morgan fingerprint density at radius 1 is 0.914 bits per heavy atom. The van der Waals surface area contributed by atoms with Gasteiger partial charge in [0.15, 0.2) is 0 Å². The van der Waals surface area contributed by atoms with Crippen LogP contribution in [0.2, 0.25) is 0 Å². The number of piperidine rings is 1. The van der Waals surface area contributed by atoms with E-state index in [-0.39, 0.29) is 36.8 Å². The molecule has 7 heteroatoms. The highest BCUT2D eigenvalue weighted by atomic mass is 16.5. The zero-order valence-corrected chi connectivity index (χ0v) is 19.8. The van der Waals surface area contributed by atoms with Gasteiger partial charge in [-0.3, -0.25) is 4.79 Å². The van der Waals surface area contributed by atoms with Crippen LogP contribution >= 0.6 is 0 Å². The number of likely N-dealkylation sites (tertiary alicyclic amines) is 1. The van der Waals surface area contributed by atoms with Crippen molar-refractivity contribution in [2.24, 2.45) is 5.92 Å². The van der Waals surface area contributed by atoms with Gasteiger partial charge in [0, 0.05) is 24.9 Å². The fraction of sp³-hybridized carbons (Fsp3) is 0.464. The molecule has 184 valence electrons. The molecule has 1 heterocycles. The summed E-state index contributed by atoms with van der Waals surface area (Å²) in [5.74, 6) is -1.05. The smallest absolute Gasteiger partial charge is 0.407 e. The SMILES string of the molecule is O=C(N[C@@H]1CCC[C@H]1CC(=O)N1CCCCC1C(=O)O)OCC1c2ccccc2-c2ccccc21. The molecule has 3 aliphatic rings. The number of nitrogens with one attached hydrogen (secondary N) is 1. The van der Waals surface area contributed by atoms with Crippen molar-refractivity contribution in [1.29, 1.82) is 0 Å². The number of rotatable bonds is 6. The molecular formula is C28H32N2O5. The molecule has 7 nitrogen and oxygen atoms in total. The summed E-state index contributed by atoms with van der Waals surface area (Å²) < 4.78 is 5.70. The van der Waals surface area contributed by atoms with Crippen molar-refractivity contribution in [3.63, 3.8) is 0 Å². The number of alkyl carbamates (subject to hydrolysis) is 1. The Balaban J connectivity index is 1.18. The molecule has 1 saturated heterocycles. The maximum atomic E-state index is 13.0. The lowest BCUT2D eigenvalue weighted by Crippen LogP contribution is -2.49. The van der Waals surface area contributed by atoms with E-state index in [9.17, 15) is 19.5 Å². The predicted molar refractivity (Wildman–Crippen MR) is 131 cm³/mol. The first-order valence-corrected chi connectivity index (χ1v) is 12.7. The molecule has 35 heavy (non-hydrogen) atoms. The summed E-state index contributed by atoms with van der Waals surface area (Å²) in [6.45, 7) is 0.747. The average molecular weight is 477 g/mol. The number of fused-ring (bicyclic) bond motifs is 3. The highest BCUT2D eigenvalue weighted by Crippen LogP contribution is 2.44. The second-order valence-corrected chi connectivity index (χ2v) is 9.91. The summed E-state index contributed by atoms with van der Waals surface area (Å²) in [5.41, 5.74) is 4.70. The van der Waals surface area contributed by atoms with E-state index in [1.807, 2.05) is 24.3 Å². The van der Waals surface area contributed by atoms with Crippen molar-refractivity contribution in [2.45, 2.75) is 62.9 Å². The lowest BCUT2D eigenvalue weighted by molar-refractivity contribution is -0.152. The number of hydrogen-bond acceptors (Lipinski definition) is 4. The normalized spacial score (nSPS) is 23.4. The van der Waals surface area contributed by atoms with Gasteiger partial charge in [-0.2, -0.15) is 0 Å². The molecule has 2 fully saturated rings. The van der Waals surface area contributed by atoms with E-state index in [2.05, 4.69) is 29.6 Å². The van der Waals surface area contributed by atoms with Gasteiger partial charge < -0.3 is 20.1 Å². The Kier molecular flexibility index (Phi) is 6.75. The Labute approximate surface area is 205 Å². The standard InChI is InChI=1S/C28H32N2O5/c31-26(30-15-6-5-14-25(30)27(32)33)16-18-8-7-13-24(18)29-28(34)35-17-23-21-11-3-1-9-19(21)20-10-2-4-12-22(20)23/h1-4,9-12,18,23-25H,5-8,13-17H2,(H,29,34)(H,32,33)/t18-,24+,25?/m0/s1. The van der Waals surface area contributed by atoms with E-state index in [4.69, 9.17) is 4.74 Å². The summed E-state index contributed by atoms with van der Waals surface area (Å²) in [6.07, 6.45) is 4.53. The third-order valence-electron chi connectivity index (χ3n) is 7.85. The number of aliphatic carboxylic acids is 1. The number of hydrogen-bond donors (Lipinski definition) is 2. The topological polar surface area (TPSA) is 95.9 Å². The van der Waals surface area contributed by atoms with E-state index in [0.717, 1.165) is 32.1 Å². The summed E-state index contributed by atoms with van der Waals surface area (Å²) >= 11 is 0. The van der Waals surface area contributed by atoms with Crippen molar-refractivity contribution in [3.8, 4) is 11.1 Å². The minimum Gasteiger partial charge on any atom is -0.480 e. The van der Waals surface area contributed by atoms with E-state index >= 15 is 0 Å². The molecule has 0 radical (unpaired) electrons. The lowest BCUT2D eigenvalue weighted by Gasteiger charge is -2.34. The van der Waals surface area contributed by atoms with Gasteiger partial charge in [0.1, 0.15) is 12.6 Å². The summed E-state index contributed by atoms with van der Waals surface area (Å²) in [6, 6.07) is 15.6. The molecule has 5 rings (SSSR count). The van der Waals surface area contributed by atoms with Gasteiger partial charge in [0.25, 0.3) is 0 Å². The van der Waals surface area contributed by atoms with Crippen LogP contribution in [0.5, 0.6) is 0 Å². The van der Waals surface area contributed by atoms with Gasteiger partial charge in [0.05, 0.1) is 0 Å². The molecular weight excluding hydrogens is 444 g/mol. The first-order chi connectivity index (χ1) is 17.0. The van der Waals surface area contributed by atoms with Gasteiger partial charge in [0.2, 0.25) is 5.91 Å². The zero-order chi connectivity index (χ0) is 24.4. The summed E-state index contributed by atoms with van der Waals surface area (Å²) in [4.78, 5) is 38.8. The van der Waals surface area contributed by atoms with Crippen molar-refractivity contribution >= 4 is 18.0 Å². The Hall–Kier alpha value is -3.35. The van der Waals surface area contributed by atoms with Crippen molar-refractivity contribution in [1.82, 2.24) is 10.2 Å². The molecule has 2 N–H and O–H groups in total. The second kappa shape index (κ2) is 10.1. The number of benzene rings is 2. The molecule has 2 amide bonds. The molecule has 2 aliphatic carbocycles. The first-order valence-electron chi connectivity index (χ1n) is 12.7. The van der Waals surface area contributed by atoms with E-state index in [0.29, 0.717) is 13.0 Å². The molecule has 1 unspecified atom stereocenters. The fourth-order valence-corrected chi connectivity index (χ4v) is 6.09. The van der Waals surface area contributed by atoms with Gasteiger partial charge in [-0.05, 0) is 60.3 Å². The number of carboxylic acid groups (broad SMARTS) is 1. The number of carboxylic acids is 1. The Bertz CT molecular complexity index is 1070. The largest absolute Gasteiger partial charge is 0.480 e. The van der Waals surface area contributed by atoms with Crippen molar-refractivity contribution < 1.29 is 24.2 Å². The van der Waals surface area contributed by atoms with Crippen LogP contribution in [0.4, 0.5) is 4.79 Å². The molecule has 1 saturated carbocycles. The number of ether oxygens (including phenoxy) is 1. The first kappa shape index (κ1) is 23.4. The Morgan fingerprint density at radius 2 is 1.60 bits per heavy atom. The minimum absolute atomic E-state index is 0.000598. The second-order valence-electron chi connectivity index (χ2n) is 9.91.